The Morgan fingerprint density at radius 3 is 2.13 bits per heavy atom. The number of aliphatic hydroxyl groups is 3. The average molecular weight is 423 g/mol. The summed E-state index contributed by atoms with van der Waals surface area (Å²) in [5, 5.41) is 29.1. The van der Waals surface area contributed by atoms with E-state index in [4.69, 9.17) is 0 Å². The monoisotopic (exact) mass is 422 g/mol. The van der Waals surface area contributed by atoms with Gasteiger partial charge >= 0.3 is 0 Å². The van der Waals surface area contributed by atoms with Crippen LogP contribution in [-0.4, -0.2) is 21.4 Å². The lowest BCUT2D eigenvalue weighted by Crippen LogP contribution is -2.21. The molecule has 3 N–H and O–H groups in total. The van der Waals surface area contributed by atoms with E-state index in [1.807, 2.05) is 44.2 Å². The van der Waals surface area contributed by atoms with Crippen LogP contribution in [0.4, 0.5) is 0 Å². The van der Waals surface area contributed by atoms with Crippen molar-refractivity contribution in [2.75, 3.05) is 0 Å². The molecule has 0 bridgehead atoms. The van der Waals surface area contributed by atoms with Crippen molar-refractivity contribution in [2.24, 2.45) is 5.92 Å². The van der Waals surface area contributed by atoms with Gasteiger partial charge in [-0.05, 0) is 65.1 Å². The number of hydrogen-bond acceptors (Lipinski definition) is 3. The fourth-order valence-corrected chi connectivity index (χ4v) is 3.89. The van der Waals surface area contributed by atoms with Crippen LogP contribution in [0.5, 0.6) is 0 Å². The Hall–Kier alpha value is -2.20. The molecule has 2 aromatic rings. The average Bonchev–Trinajstić information content (AvgIpc) is 2.78. The second-order valence-corrected chi connectivity index (χ2v) is 8.71. The summed E-state index contributed by atoms with van der Waals surface area (Å²) in [5.41, 5.74) is 6.06. The summed E-state index contributed by atoms with van der Waals surface area (Å²) in [6.07, 6.45) is 9.79. The number of rotatable bonds is 10. The Balaban J connectivity index is 2.36. The largest absolute Gasteiger partial charge is 0.392 e. The Morgan fingerprint density at radius 2 is 1.58 bits per heavy atom. The van der Waals surface area contributed by atoms with E-state index in [-0.39, 0.29) is 24.5 Å². The first-order valence-corrected chi connectivity index (χ1v) is 11.3. The Labute approximate surface area is 187 Å². The first-order valence-electron chi connectivity index (χ1n) is 11.3. The van der Waals surface area contributed by atoms with Crippen molar-refractivity contribution in [3.8, 4) is 0 Å². The second kappa shape index (κ2) is 11.4. The second-order valence-electron chi connectivity index (χ2n) is 8.71. The molecule has 0 heterocycles. The third kappa shape index (κ3) is 6.16. The molecule has 0 spiro atoms. The lowest BCUT2D eigenvalue weighted by Gasteiger charge is -2.30. The SMILES string of the molecule is CCC(C=Cc1ccc(CO)c(CO)c1)(CC)c1ccc(C=CC(O)C(C)C)c(C)c1. The summed E-state index contributed by atoms with van der Waals surface area (Å²) >= 11 is 0. The quantitative estimate of drug-likeness (QED) is 0.455. The molecule has 0 aliphatic carbocycles. The molecule has 0 aliphatic heterocycles. The standard InChI is InChI=1S/C28H38O3/c1-6-28(7-2,15-14-22-8-9-24(18-29)25(17-22)19-30)26-12-10-23(21(5)16-26)11-13-27(31)20(3)4/h8-17,20,27,29-31H,6-7,18-19H2,1-5H3. The van der Waals surface area contributed by atoms with Gasteiger partial charge in [-0.25, -0.2) is 0 Å². The molecule has 0 aliphatic rings. The fourth-order valence-electron chi connectivity index (χ4n) is 3.89. The van der Waals surface area contributed by atoms with Gasteiger partial charge in [0.15, 0.2) is 0 Å². The predicted molar refractivity (Wildman–Crippen MR) is 131 cm³/mol. The van der Waals surface area contributed by atoms with Crippen LogP contribution in [0.3, 0.4) is 0 Å². The highest BCUT2D eigenvalue weighted by atomic mass is 16.3. The maximum absolute atomic E-state index is 10.1. The van der Waals surface area contributed by atoms with Crippen LogP contribution in [0.2, 0.25) is 0 Å². The highest BCUT2D eigenvalue weighted by Gasteiger charge is 2.25. The van der Waals surface area contributed by atoms with Crippen molar-refractivity contribution in [1.82, 2.24) is 0 Å². The van der Waals surface area contributed by atoms with Crippen molar-refractivity contribution < 1.29 is 15.3 Å². The van der Waals surface area contributed by atoms with Gasteiger partial charge in [-0.1, -0.05) is 82.3 Å². The molecule has 0 amide bonds. The zero-order valence-corrected chi connectivity index (χ0v) is 19.6. The van der Waals surface area contributed by atoms with Crippen LogP contribution in [0, 0.1) is 12.8 Å². The van der Waals surface area contributed by atoms with Crippen LogP contribution < -0.4 is 0 Å². The van der Waals surface area contributed by atoms with Gasteiger partial charge in [0.2, 0.25) is 0 Å². The summed E-state index contributed by atoms with van der Waals surface area (Å²) in [7, 11) is 0. The zero-order chi connectivity index (χ0) is 23.0. The van der Waals surface area contributed by atoms with Gasteiger partial charge in [-0.3, -0.25) is 0 Å². The molecular weight excluding hydrogens is 384 g/mol. The van der Waals surface area contributed by atoms with Crippen molar-refractivity contribution >= 4 is 12.2 Å². The first-order chi connectivity index (χ1) is 14.8. The predicted octanol–water partition coefficient (Wildman–Crippen LogP) is 5.78. The van der Waals surface area contributed by atoms with Gasteiger partial charge in [-0.15, -0.1) is 0 Å². The normalized spacial score (nSPS) is 13.6. The molecule has 0 radical (unpaired) electrons. The molecule has 3 heteroatoms. The summed E-state index contributed by atoms with van der Waals surface area (Å²) in [6, 6.07) is 12.4. The minimum Gasteiger partial charge on any atom is -0.392 e. The third-order valence-electron chi connectivity index (χ3n) is 6.43. The Kier molecular flexibility index (Phi) is 9.24. The van der Waals surface area contributed by atoms with E-state index >= 15 is 0 Å². The number of allylic oxidation sites excluding steroid dienone is 1. The van der Waals surface area contributed by atoms with Crippen molar-refractivity contribution in [3.63, 3.8) is 0 Å². The van der Waals surface area contributed by atoms with Crippen LogP contribution in [0.1, 0.15) is 73.9 Å². The van der Waals surface area contributed by atoms with E-state index in [9.17, 15) is 15.3 Å². The Morgan fingerprint density at radius 1 is 0.903 bits per heavy atom. The molecule has 0 saturated carbocycles. The number of hydrogen-bond donors (Lipinski definition) is 3. The van der Waals surface area contributed by atoms with Crippen LogP contribution >= 0.6 is 0 Å². The number of benzene rings is 2. The summed E-state index contributed by atoms with van der Waals surface area (Å²) in [4.78, 5) is 0. The lowest BCUT2D eigenvalue weighted by molar-refractivity contribution is 0.173. The number of aryl methyl sites for hydroxylation is 1. The maximum Gasteiger partial charge on any atom is 0.0747 e. The topological polar surface area (TPSA) is 60.7 Å². The molecule has 2 rings (SSSR count). The summed E-state index contributed by atoms with van der Waals surface area (Å²) in [5.74, 6) is 0.201. The molecule has 0 saturated heterocycles. The van der Waals surface area contributed by atoms with Gasteiger partial charge < -0.3 is 15.3 Å². The molecule has 1 unspecified atom stereocenters. The van der Waals surface area contributed by atoms with Gasteiger partial charge in [0, 0.05) is 5.41 Å². The van der Waals surface area contributed by atoms with E-state index in [0.29, 0.717) is 0 Å². The van der Waals surface area contributed by atoms with Gasteiger partial charge in [0.25, 0.3) is 0 Å². The van der Waals surface area contributed by atoms with Crippen LogP contribution in [-0.2, 0) is 18.6 Å². The van der Waals surface area contributed by atoms with Gasteiger partial charge in [0.1, 0.15) is 0 Å². The molecule has 1 atom stereocenters. The Bertz CT molecular complexity index is 904. The molecule has 0 aromatic heterocycles. The van der Waals surface area contributed by atoms with Crippen molar-refractivity contribution in [2.45, 2.75) is 72.2 Å². The zero-order valence-electron chi connectivity index (χ0n) is 19.6. The highest BCUT2D eigenvalue weighted by Crippen LogP contribution is 2.35. The van der Waals surface area contributed by atoms with Crippen molar-refractivity contribution in [3.05, 3.63) is 81.9 Å². The molecule has 31 heavy (non-hydrogen) atoms. The van der Waals surface area contributed by atoms with E-state index < -0.39 is 6.10 Å². The molecule has 2 aromatic carbocycles. The minimum atomic E-state index is -0.437. The first kappa shape index (κ1) is 25.1. The smallest absolute Gasteiger partial charge is 0.0747 e. The van der Waals surface area contributed by atoms with E-state index in [2.05, 4.69) is 51.1 Å². The van der Waals surface area contributed by atoms with E-state index in [0.717, 1.165) is 35.1 Å². The summed E-state index contributed by atoms with van der Waals surface area (Å²) in [6.45, 7) is 10.4. The van der Waals surface area contributed by atoms with Gasteiger partial charge in [0.05, 0.1) is 19.3 Å². The maximum atomic E-state index is 10.1. The highest BCUT2D eigenvalue weighted by molar-refractivity contribution is 5.58. The van der Waals surface area contributed by atoms with Gasteiger partial charge in [-0.2, -0.15) is 0 Å². The van der Waals surface area contributed by atoms with Crippen LogP contribution in [0.15, 0.2) is 48.6 Å². The number of aliphatic hydroxyl groups excluding tert-OH is 3. The minimum absolute atomic E-state index is 0.0674. The molecular formula is C28H38O3. The third-order valence-corrected chi connectivity index (χ3v) is 6.43. The molecule has 3 nitrogen and oxygen atoms in total. The molecule has 0 fully saturated rings. The van der Waals surface area contributed by atoms with E-state index in [1.165, 1.54) is 11.1 Å². The fraction of sp³-hybridized carbons (Fsp3) is 0.429. The molecule has 168 valence electrons. The lowest BCUT2D eigenvalue weighted by atomic mass is 9.74. The van der Waals surface area contributed by atoms with E-state index in [1.54, 1.807) is 0 Å². The van der Waals surface area contributed by atoms with Crippen molar-refractivity contribution in [1.29, 1.82) is 0 Å². The summed E-state index contributed by atoms with van der Waals surface area (Å²) < 4.78 is 0. The van der Waals surface area contributed by atoms with Crippen LogP contribution in [0.25, 0.3) is 12.2 Å².